The number of rotatable bonds is 3. The molecule has 2 rings (SSSR count). The molecule has 2 atom stereocenters. The van der Waals surface area contributed by atoms with E-state index in [4.69, 9.17) is 5.73 Å². The molecule has 0 spiro atoms. The van der Waals surface area contributed by atoms with Gasteiger partial charge in [-0.1, -0.05) is 11.3 Å². The molecule has 1 aliphatic rings. The number of nitro groups is 1. The number of thiophene rings is 1. The van der Waals surface area contributed by atoms with Gasteiger partial charge in [0.05, 0.1) is 11.0 Å². The van der Waals surface area contributed by atoms with E-state index in [0.29, 0.717) is 19.4 Å². The molecule has 0 saturated carbocycles. The van der Waals surface area contributed by atoms with Crippen molar-refractivity contribution >= 4 is 22.2 Å². The van der Waals surface area contributed by atoms with E-state index >= 15 is 0 Å². The minimum atomic E-state index is -0.416. The Morgan fingerprint density at radius 2 is 2.33 bits per heavy atom. The fourth-order valence-corrected chi connectivity index (χ4v) is 3.33. The van der Waals surface area contributed by atoms with Crippen molar-refractivity contribution in [3.05, 3.63) is 27.1 Å². The van der Waals surface area contributed by atoms with E-state index in [-0.39, 0.29) is 23.0 Å². The van der Waals surface area contributed by atoms with Crippen LogP contribution in [0.2, 0.25) is 0 Å². The summed E-state index contributed by atoms with van der Waals surface area (Å²) in [5.74, 6) is 0.0697. The number of carbonyl (C=O) groups excluding carboxylic acids is 1. The van der Waals surface area contributed by atoms with Crippen LogP contribution in [0.15, 0.2) is 12.1 Å². The molecule has 1 aliphatic heterocycles. The van der Waals surface area contributed by atoms with E-state index in [1.165, 1.54) is 6.07 Å². The van der Waals surface area contributed by atoms with Gasteiger partial charge in [0, 0.05) is 30.0 Å². The van der Waals surface area contributed by atoms with Gasteiger partial charge in [0.15, 0.2) is 0 Å². The molecule has 1 aromatic rings. The molecule has 1 fully saturated rings. The first-order valence-corrected chi connectivity index (χ1v) is 6.65. The topological polar surface area (TPSA) is 89.5 Å². The van der Waals surface area contributed by atoms with Crippen molar-refractivity contribution in [3.8, 4) is 0 Å². The van der Waals surface area contributed by atoms with Crippen LogP contribution in [0.5, 0.6) is 0 Å². The SMILES string of the molecule is CCN1C(=O)CCC(N)C1c1ccc([N+](=O)[O-])s1. The second-order valence-corrected chi connectivity index (χ2v) is 5.35. The number of nitrogens with two attached hydrogens (primary N) is 1. The zero-order valence-corrected chi connectivity index (χ0v) is 10.9. The van der Waals surface area contributed by atoms with Crippen LogP contribution >= 0.6 is 11.3 Å². The number of piperidine rings is 1. The van der Waals surface area contributed by atoms with Crippen LogP contribution in [-0.2, 0) is 4.79 Å². The molecule has 1 aromatic heterocycles. The molecule has 98 valence electrons. The molecule has 0 aromatic carbocycles. The zero-order chi connectivity index (χ0) is 13.3. The molecule has 2 heterocycles. The van der Waals surface area contributed by atoms with E-state index in [9.17, 15) is 14.9 Å². The molecule has 2 N–H and O–H groups in total. The molecule has 7 heteroatoms. The Morgan fingerprint density at radius 3 is 2.89 bits per heavy atom. The number of hydrogen-bond donors (Lipinski definition) is 1. The van der Waals surface area contributed by atoms with Crippen LogP contribution in [0.3, 0.4) is 0 Å². The third-order valence-electron chi connectivity index (χ3n) is 3.18. The zero-order valence-electron chi connectivity index (χ0n) is 10.0. The van der Waals surface area contributed by atoms with E-state index in [0.717, 1.165) is 16.2 Å². The summed E-state index contributed by atoms with van der Waals surface area (Å²) in [5, 5.41) is 10.8. The van der Waals surface area contributed by atoms with Gasteiger partial charge in [-0.25, -0.2) is 0 Å². The van der Waals surface area contributed by atoms with Gasteiger partial charge >= 0.3 is 5.00 Å². The lowest BCUT2D eigenvalue weighted by molar-refractivity contribution is -0.380. The van der Waals surface area contributed by atoms with Gasteiger partial charge in [0.25, 0.3) is 0 Å². The Labute approximate surface area is 109 Å². The van der Waals surface area contributed by atoms with Crippen LogP contribution in [-0.4, -0.2) is 28.3 Å². The molecule has 2 unspecified atom stereocenters. The molecule has 0 aliphatic carbocycles. The highest BCUT2D eigenvalue weighted by molar-refractivity contribution is 7.15. The van der Waals surface area contributed by atoms with Crippen molar-refractivity contribution in [3.63, 3.8) is 0 Å². The summed E-state index contributed by atoms with van der Waals surface area (Å²) in [6, 6.07) is 2.80. The maximum Gasteiger partial charge on any atom is 0.324 e. The molecule has 1 amide bonds. The first-order chi connectivity index (χ1) is 8.54. The predicted molar refractivity (Wildman–Crippen MR) is 68.3 cm³/mol. The average molecular weight is 269 g/mol. The van der Waals surface area contributed by atoms with Crippen LogP contribution < -0.4 is 5.73 Å². The first kappa shape index (κ1) is 13.0. The van der Waals surface area contributed by atoms with Crippen molar-refractivity contribution in [1.29, 1.82) is 0 Å². The van der Waals surface area contributed by atoms with Crippen LogP contribution in [0.25, 0.3) is 0 Å². The molecule has 18 heavy (non-hydrogen) atoms. The quantitative estimate of drug-likeness (QED) is 0.667. The predicted octanol–water partition coefficient (Wildman–Crippen LogP) is 1.67. The highest BCUT2D eigenvalue weighted by atomic mass is 32.1. The molecule has 6 nitrogen and oxygen atoms in total. The molecule has 0 bridgehead atoms. The second-order valence-electron chi connectivity index (χ2n) is 4.26. The van der Waals surface area contributed by atoms with Crippen LogP contribution in [0.4, 0.5) is 5.00 Å². The molecular formula is C11H15N3O3S. The third kappa shape index (κ3) is 2.23. The van der Waals surface area contributed by atoms with Crippen LogP contribution in [0.1, 0.15) is 30.7 Å². The van der Waals surface area contributed by atoms with E-state index in [1.807, 2.05) is 6.92 Å². The first-order valence-electron chi connectivity index (χ1n) is 5.83. The Hall–Kier alpha value is -1.47. The van der Waals surface area contributed by atoms with Gasteiger partial charge in [-0.3, -0.25) is 14.9 Å². The smallest absolute Gasteiger partial charge is 0.324 e. The fourth-order valence-electron chi connectivity index (χ4n) is 2.31. The van der Waals surface area contributed by atoms with E-state index < -0.39 is 4.92 Å². The summed E-state index contributed by atoms with van der Waals surface area (Å²) in [6.45, 7) is 2.47. The van der Waals surface area contributed by atoms with Gasteiger partial charge < -0.3 is 10.6 Å². The lowest BCUT2D eigenvalue weighted by Crippen LogP contribution is -2.48. The molecular weight excluding hydrogens is 254 g/mol. The number of hydrogen-bond acceptors (Lipinski definition) is 5. The minimum Gasteiger partial charge on any atom is -0.334 e. The Bertz CT molecular complexity index is 474. The van der Waals surface area contributed by atoms with Crippen molar-refractivity contribution in [1.82, 2.24) is 4.90 Å². The highest BCUT2D eigenvalue weighted by Crippen LogP contribution is 2.37. The monoisotopic (exact) mass is 269 g/mol. The van der Waals surface area contributed by atoms with E-state index in [1.54, 1.807) is 11.0 Å². The van der Waals surface area contributed by atoms with Gasteiger partial charge in [-0.05, 0) is 19.4 Å². The lowest BCUT2D eigenvalue weighted by atomic mass is 9.95. The number of amides is 1. The van der Waals surface area contributed by atoms with Crippen molar-refractivity contribution < 1.29 is 9.72 Å². The second kappa shape index (κ2) is 5.03. The van der Waals surface area contributed by atoms with Gasteiger partial charge in [0.1, 0.15) is 0 Å². The normalized spacial score (nSPS) is 24.3. The minimum absolute atomic E-state index is 0.0697. The number of likely N-dealkylation sites (tertiary alicyclic amines) is 1. The van der Waals surface area contributed by atoms with Crippen molar-refractivity contribution in [2.24, 2.45) is 5.73 Å². The van der Waals surface area contributed by atoms with Crippen molar-refractivity contribution in [2.75, 3.05) is 6.54 Å². The highest BCUT2D eigenvalue weighted by Gasteiger charge is 2.35. The number of nitrogens with zero attached hydrogens (tertiary/aromatic N) is 2. The van der Waals surface area contributed by atoms with Gasteiger partial charge in [-0.2, -0.15) is 0 Å². The Morgan fingerprint density at radius 1 is 1.61 bits per heavy atom. The van der Waals surface area contributed by atoms with Crippen LogP contribution in [0, 0.1) is 10.1 Å². The van der Waals surface area contributed by atoms with Gasteiger partial charge in [0.2, 0.25) is 5.91 Å². The Kier molecular flexibility index (Phi) is 3.63. The summed E-state index contributed by atoms with van der Waals surface area (Å²) in [5.41, 5.74) is 6.07. The summed E-state index contributed by atoms with van der Waals surface area (Å²) < 4.78 is 0. The number of carbonyl (C=O) groups is 1. The van der Waals surface area contributed by atoms with Gasteiger partial charge in [-0.15, -0.1) is 0 Å². The standard InChI is InChI=1S/C11H15N3O3S/c1-2-13-9(15)5-3-7(12)11(13)8-4-6-10(18-8)14(16)17/h4,6-7,11H,2-3,5,12H2,1H3. The maximum absolute atomic E-state index is 11.8. The van der Waals surface area contributed by atoms with E-state index in [2.05, 4.69) is 0 Å². The third-order valence-corrected chi connectivity index (χ3v) is 4.29. The molecule has 0 radical (unpaired) electrons. The summed E-state index contributed by atoms with van der Waals surface area (Å²) in [7, 11) is 0. The maximum atomic E-state index is 11.8. The summed E-state index contributed by atoms with van der Waals surface area (Å²) in [4.78, 5) is 24.6. The summed E-state index contributed by atoms with van der Waals surface area (Å²) >= 11 is 1.10. The molecule has 1 saturated heterocycles. The Balaban J connectivity index is 2.32. The average Bonchev–Trinajstić information content (AvgIpc) is 2.81. The number of likely N-dealkylation sites (N-methyl/N-ethyl adjacent to an activating group) is 1. The summed E-state index contributed by atoms with van der Waals surface area (Å²) in [6.07, 6.45) is 1.09. The largest absolute Gasteiger partial charge is 0.334 e. The lowest BCUT2D eigenvalue weighted by Gasteiger charge is -2.38. The van der Waals surface area contributed by atoms with Crippen molar-refractivity contribution in [2.45, 2.75) is 31.8 Å². The fraction of sp³-hybridized carbons (Fsp3) is 0.545.